The molecule has 0 aromatic heterocycles. The quantitative estimate of drug-likeness (QED) is 0.772. The van der Waals surface area contributed by atoms with E-state index in [9.17, 15) is 13.6 Å². The molecule has 0 saturated carbocycles. The highest BCUT2D eigenvalue weighted by molar-refractivity contribution is 5.97. The maximum Gasteiger partial charge on any atom is 0.167 e. The van der Waals surface area contributed by atoms with Gasteiger partial charge in [0.05, 0.1) is 6.10 Å². The van der Waals surface area contributed by atoms with Crippen molar-refractivity contribution in [1.82, 2.24) is 0 Å². The number of hydrogen-bond donors (Lipinski definition) is 0. The lowest BCUT2D eigenvalue weighted by Gasteiger charge is -2.10. The molecule has 0 fully saturated rings. The number of halogens is 2. The van der Waals surface area contributed by atoms with E-state index in [1.165, 1.54) is 6.07 Å². The fraction of sp³-hybridized carbons (Fsp3) is 0.235. The Labute approximate surface area is 122 Å². The summed E-state index contributed by atoms with van der Waals surface area (Å²) in [5, 5.41) is 0. The van der Waals surface area contributed by atoms with Gasteiger partial charge in [0.2, 0.25) is 0 Å². The molecule has 0 amide bonds. The van der Waals surface area contributed by atoms with Gasteiger partial charge < -0.3 is 4.74 Å². The Bertz CT molecular complexity index is 651. The SMILES string of the molecule is CC(C)Oc1cccc(C(=O)Cc2ccc(F)cc2F)c1. The number of carbonyl (C=O) groups excluding carboxylic acids is 1. The van der Waals surface area contributed by atoms with Crippen LogP contribution >= 0.6 is 0 Å². The lowest BCUT2D eigenvalue weighted by molar-refractivity contribution is 0.0991. The minimum Gasteiger partial charge on any atom is -0.491 e. The zero-order chi connectivity index (χ0) is 15.4. The average Bonchev–Trinajstić information content (AvgIpc) is 2.41. The lowest BCUT2D eigenvalue weighted by Crippen LogP contribution is -2.08. The summed E-state index contributed by atoms with van der Waals surface area (Å²) in [5.74, 6) is -1.01. The lowest BCUT2D eigenvalue weighted by atomic mass is 10.0. The van der Waals surface area contributed by atoms with E-state index in [0.29, 0.717) is 11.3 Å². The minimum atomic E-state index is -0.710. The number of rotatable bonds is 5. The molecule has 0 N–H and O–H groups in total. The molecule has 0 aliphatic carbocycles. The number of ether oxygens (including phenoxy) is 1. The van der Waals surface area contributed by atoms with Crippen molar-refractivity contribution in [3.63, 3.8) is 0 Å². The van der Waals surface area contributed by atoms with E-state index in [1.54, 1.807) is 24.3 Å². The highest BCUT2D eigenvalue weighted by Crippen LogP contribution is 2.18. The van der Waals surface area contributed by atoms with E-state index in [4.69, 9.17) is 4.74 Å². The van der Waals surface area contributed by atoms with Gasteiger partial charge in [-0.3, -0.25) is 4.79 Å². The normalized spacial score (nSPS) is 10.7. The standard InChI is InChI=1S/C17H16F2O2/c1-11(2)21-15-5-3-4-13(8-15)17(20)9-12-6-7-14(18)10-16(12)19/h3-8,10-11H,9H2,1-2H3. The molecule has 0 atom stereocenters. The Morgan fingerprint density at radius 2 is 1.90 bits per heavy atom. The van der Waals surface area contributed by atoms with Gasteiger partial charge in [-0.2, -0.15) is 0 Å². The van der Waals surface area contributed by atoms with Gasteiger partial charge >= 0.3 is 0 Å². The first kappa shape index (κ1) is 15.2. The highest BCUT2D eigenvalue weighted by atomic mass is 19.1. The van der Waals surface area contributed by atoms with Crippen LogP contribution in [0.25, 0.3) is 0 Å². The smallest absolute Gasteiger partial charge is 0.167 e. The van der Waals surface area contributed by atoms with Crippen LogP contribution in [0.15, 0.2) is 42.5 Å². The van der Waals surface area contributed by atoms with Crippen LogP contribution in [-0.2, 0) is 6.42 Å². The van der Waals surface area contributed by atoms with Crippen molar-refractivity contribution in [3.8, 4) is 5.75 Å². The molecule has 0 unspecified atom stereocenters. The molecule has 0 saturated heterocycles. The maximum absolute atomic E-state index is 13.6. The summed E-state index contributed by atoms with van der Waals surface area (Å²) in [4.78, 5) is 12.2. The highest BCUT2D eigenvalue weighted by Gasteiger charge is 2.12. The Morgan fingerprint density at radius 3 is 2.57 bits per heavy atom. The molecule has 21 heavy (non-hydrogen) atoms. The van der Waals surface area contributed by atoms with Crippen molar-refractivity contribution in [2.24, 2.45) is 0 Å². The van der Waals surface area contributed by atoms with Crippen LogP contribution in [0.1, 0.15) is 29.8 Å². The van der Waals surface area contributed by atoms with Crippen LogP contribution in [0, 0.1) is 11.6 Å². The van der Waals surface area contributed by atoms with E-state index in [1.807, 2.05) is 13.8 Å². The Balaban J connectivity index is 2.16. The zero-order valence-electron chi connectivity index (χ0n) is 11.9. The van der Waals surface area contributed by atoms with Crippen LogP contribution in [0.4, 0.5) is 8.78 Å². The van der Waals surface area contributed by atoms with Crippen LogP contribution in [0.5, 0.6) is 5.75 Å². The summed E-state index contributed by atoms with van der Waals surface area (Å²) in [6, 6.07) is 9.96. The molecule has 2 aromatic rings. The van der Waals surface area contributed by atoms with Crippen molar-refractivity contribution >= 4 is 5.78 Å². The molecule has 0 heterocycles. The Morgan fingerprint density at radius 1 is 1.14 bits per heavy atom. The van der Waals surface area contributed by atoms with Crippen LogP contribution < -0.4 is 4.74 Å². The zero-order valence-corrected chi connectivity index (χ0v) is 11.9. The number of Topliss-reactive ketones (excluding diaryl/α,β-unsaturated/α-hetero) is 1. The van der Waals surface area contributed by atoms with Gasteiger partial charge in [0.25, 0.3) is 0 Å². The molecule has 0 spiro atoms. The molecule has 0 radical (unpaired) electrons. The Kier molecular flexibility index (Phi) is 4.68. The third kappa shape index (κ3) is 4.12. The van der Waals surface area contributed by atoms with Crippen LogP contribution in [0.2, 0.25) is 0 Å². The summed E-state index contributed by atoms with van der Waals surface area (Å²) in [6.07, 6.45) is -0.109. The Hall–Kier alpha value is -2.23. The number of carbonyl (C=O) groups is 1. The van der Waals surface area contributed by atoms with E-state index >= 15 is 0 Å². The molecule has 0 aliphatic heterocycles. The monoisotopic (exact) mass is 290 g/mol. The van der Waals surface area contributed by atoms with Crippen molar-refractivity contribution < 1.29 is 18.3 Å². The summed E-state index contributed by atoms with van der Waals surface area (Å²) in [5.41, 5.74) is 0.619. The molecule has 110 valence electrons. The van der Waals surface area contributed by atoms with Crippen molar-refractivity contribution in [2.45, 2.75) is 26.4 Å². The van der Waals surface area contributed by atoms with Crippen LogP contribution in [-0.4, -0.2) is 11.9 Å². The summed E-state index contributed by atoms with van der Waals surface area (Å²) in [6.45, 7) is 3.78. The van der Waals surface area contributed by atoms with E-state index < -0.39 is 11.6 Å². The second-order valence-electron chi connectivity index (χ2n) is 5.03. The van der Waals surface area contributed by atoms with Gasteiger partial charge in [0, 0.05) is 18.1 Å². The van der Waals surface area contributed by atoms with Gasteiger partial charge in [-0.25, -0.2) is 8.78 Å². The molecular weight excluding hydrogens is 274 g/mol. The number of hydrogen-bond acceptors (Lipinski definition) is 2. The molecular formula is C17H16F2O2. The van der Waals surface area contributed by atoms with Gasteiger partial charge in [-0.1, -0.05) is 18.2 Å². The van der Waals surface area contributed by atoms with E-state index in [-0.39, 0.29) is 23.9 Å². The van der Waals surface area contributed by atoms with Gasteiger partial charge in [0.15, 0.2) is 5.78 Å². The second-order valence-corrected chi connectivity index (χ2v) is 5.03. The fourth-order valence-electron chi connectivity index (χ4n) is 1.96. The predicted molar refractivity (Wildman–Crippen MR) is 76.6 cm³/mol. The second kappa shape index (κ2) is 6.48. The van der Waals surface area contributed by atoms with Gasteiger partial charge in [0.1, 0.15) is 17.4 Å². The topological polar surface area (TPSA) is 26.3 Å². The largest absolute Gasteiger partial charge is 0.491 e. The van der Waals surface area contributed by atoms with Crippen molar-refractivity contribution in [3.05, 3.63) is 65.2 Å². The molecule has 0 aliphatic rings. The molecule has 2 aromatic carbocycles. The molecule has 2 rings (SSSR count). The van der Waals surface area contributed by atoms with Gasteiger partial charge in [-0.05, 0) is 37.6 Å². The van der Waals surface area contributed by atoms with E-state index in [2.05, 4.69) is 0 Å². The molecule has 0 bridgehead atoms. The summed E-state index contributed by atoms with van der Waals surface area (Å²) in [7, 11) is 0. The molecule has 2 nitrogen and oxygen atoms in total. The number of ketones is 1. The fourth-order valence-corrected chi connectivity index (χ4v) is 1.96. The summed E-state index contributed by atoms with van der Waals surface area (Å²) < 4.78 is 31.9. The first-order valence-electron chi connectivity index (χ1n) is 6.69. The third-order valence-corrected chi connectivity index (χ3v) is 2.89. The maximum atomic E-state index is 13.6. The minimum absolute atomic E-state index is 0.00453. The summed E-state index contributed by atoms with van der Waals surface area (Å²) >= 11 is 0. The van der Waals surface area contributed by atoms with Crippen molar-refractivity contribution in [1.29, 1.82) is 0 Å². The predicted octanol–water partition coefficient (Wildman–Crippen LogP) is 4.18. The third-order valence-electron chi connectivity index (χ3n) is 2.89. The average molecular weight is 290 g/mol. The number of benzene rings is 2. The van der Waals surface area contributed by atoms with Crippen LogP contribution in [0.3, 0.4) is 0 Å². The van der Waals surface area contributed by atoms with Crippen molar-refractivity contribution in [2.75, 3.05) is 0 Å². The molecule has 4 heteroatoms. The van der Waals surface area contributed by atoms with Gasteiger partial charge in [-0.15, -0.1) is 0 Å². The van der Waals surface area contributed by atoms with E-state index in [0.717, 1.165) is 12.1 Å². The first-order valence-corrected chi connectivity index (χ1v) is 6.69. The first-order chi connectivity index (χ1) is 9.95.